The third-order valence-electron chi connectivity index (χ3n) is 10.9. The number of nitrogens with zero attached hydrogens (tertiary/aromatic N) is 4. The van der Waals surface area contributed by atoms with Crippen LogP contribution in [-0.2, 0) is 0 Å². The molecule has 5 nitrogen and oxygen atoms in total. The number of rotatable bonds is 3. The van der Waals surface area contributed by atoms with Crippen LogP contribution in [0.5, 0.6) is 0 Å². The van der Waals surface area contributed by atoms with Crippen LogP contribution in [0.25, 0.3) is 110 Å². The van der Waals surface area contributed by atoms with E-state index in [1.54, 1.807) is 0 Å². The van der Waals surface area contributed by atoms with Crippen LogP contribution >= 0.6 is 0 Å². The Morgan fingerprint density at radius 1 is 0.415 bits per heavy atom. The average molecular weight is 677 g/mol. The van der Waals surface area contributed by atoms with Gasteiger partial charge in [-0.1, -0.05) is 109 Å². The van der Waals surface area contributed by atoms with Crippen LogP contribution in [0.3, 0.4) is 0 Å². The maximum absolute atomic E-state index is 6.62. The Balaban J connectivity index is 1.14. The van der Waals surface area contributed by atoms with Gasteiger partial charge in [-0.25, -0.2) is 9.97 Å². The van der Waals surface area contributed by atoms with Crippen LogP contribution in [0, 0.1) is 0 Å². The first-order valence-electron chi connectivity index (χ1n) is 17.9. The Morgan fingerprint density at radius 2 is 1.04 bits per heavy atom. The van der Waals surface area contributed by atoms with Gasteiger partial charge in [-0.3, -0.25) is 4.57 Å². The van der Waals surface area contributed by atoms with Crippen molar-refractivity contribution in [2.75, 3.05) is 0 Å². The molecule has 0 radical (unpaired) electrons. The Bertz CT molecular complexity index is 3460. The first-order valence-corrected chi connectivity index (χ1v) is 17.9. The van der Waals surface area contributed by atoms with Gasteiger partial charge < -0.3 is 8.98 Å². The number of hydrogen-bond donors (Lipinski definition) is 0. The number of aromatic nitrogens is 4. The van der Waals surface area contributed by atoms with Gasteiger partial charge in [-0.2, -0.15) is 0 Å². The van der Waals surface area contributed by atoms with E-state index >= 15 is 0 Å². The molecular formula is C48H28N4O. The van der Waals surface area contributed by atoms with Crippen LogP contribution in [-0.4, -0.2) is 19.1 Å². The Labute approximate surface area is 302 Å². The van der Waals surface area contributed by atoms with E-state index in [4.69, 9.17) is 14.4 Å². The van der Waals surface area contributed by atoms with Crippen molar-refractivity contribution in [3.63, 3.8) is 0 Å². The van der Waals surface area contributed by atoms with Gasteiger partial charge in [0.2, 0.25) is 5.95 Å². The molecule has 0 aliphatic heterocycles. The molecule has 0 fully saturated rings. The lowest BCUT2D eigenvalue weighted by atomic mass is 10.0. The van der Waals surface area contributed by atoms with Gasteiger partial charge in [0.15, 0.2) is 0 Å². The molecular weight excluding hydrogens is 649 g/mol. The van der Waals surface area contributed by atoms with Crippen molar-refractivity contribution in [2.45, 2.75) is 0 Å². The Hall–Kier alpha value is -7.24. The van der Waals surface area contributed by atoms with Crippen molar-refractivity contribution in [3.05, 3.63) is 170 Å². The fraction of sp³-hybridized carbons (Fsp3) is 0. The molecule has 4 aromatic heterocycles. The maximum Gasteiger partial charge on any atom is 0.235 e. The fourth-order valence-corrected chi connectivity index (χ4v) is 8.62. The Morgan fingerprint density at radius 3 is 1.83 bits per heavy atom. The minimum Gasteiger partial charge on any atom is -0.455 e. The van der Waals surface area contributed by atoms with Crippen LogP contribution in [0.2, 0.25) is 0 Å². The number of fused-ring (bicyclic) bond motifs is 13. The van der Waals surface area contributed by atoms with Gasteiger partial charge >= 0.3 is 0 Å². The molecule has 0 aliphatic carbocycles. The standard InChI is InChI=1S/C48H28N4O/c1-2-13-31(14-3-1)51-39-20-10-7-17-36(39)44-41(51)26-27-42-45(44)37-18-8-11-21-40(37)52(42)48-49-38-19-9-6-16-35(38)46(50-48)30-23-24-33-34-25-22-29-12-4-5-15-32(29)47(34)53-43(33)28-30/h1-28H. The highest BCUT2D eigenvalue weighted by atomic mass is 16.3. The zero-order valence-corrected chi connectivity index (χ0v) is 28.4. The molecule has 0 amide bonds. The highest BCUT2D eigenvalue weighted by molar-refractivity contribution is 6.29. The van der Waals surface area contributed by atoms with Crippen molar-refractivity contribution < 1.29 is 4.42 Å². The molecule has 0 N–H and O–H groups in total. The van der Waals surface area contributed by atoms with E-state index in [1.165, 1.54) is 38.0 Å². The number of furan rings is 1. The summed E-state index contributed by atoms with van der Waals surface area (Å²) in [6, 6.07) is 59.9. The van der Waals surface area contributed by atoms with Crippen LogP contribution < -0.4 is 0 Å². The molecule has 0 aliphatic rings. The van der Waals surface area contributed by atoms with E-state index in [2.05, 4.69) is 173 Å². The average Bonchev–Trinajstić information content (AvgIpc) is 3.88. The molecule has 0 atom stereocenters. The smallest absolute Gasteiger partial charge is 0.235 e. The SMILES string of the molecule is c1ccc(-n2c3ccccc3c3c4c5ccccc5n(-c5nc(-c6ccc7c(c6)oc6c8ccccc8ccc76)c6ccccc6n5)c4ccc32)cc1. The van der Waals surface area contributed by atoms with E-state index in [-0.39, 0.29) is 0 Å². The summed E-state index contributed by atoms with van der Waals surface area (Å²) >= 11 is 0. The summed E-state index contributed by atoms with van der Waals surface area (Å²) in [5.74, 6) is 0.631. The second-order valence-electron chi connectivity index (χ2n) is 13.8. The highest BCUT2D eigenvalue weighted by Gasteiger charge is 2.22. The molecule has 0 spiro atoms. The zero-order valence-electron chi connectivity index (χ0n) is 28.4. The van der Waals surface area contributed by atoms with Crippen LogP contribution in [0.4, 0.5) is 0 Å². The predicted octanol–water partition coefficient (Wildman–Crippen LogP) is 12.5. The fourth-order valence-electron chi connectivity index (χ4n) is 8.62. The number of para-hydroxylation sites is 4. The molecule has 246 valence electrons. The largest absolute Gasteiger partial charge is 0.455 e. The molecule has 0 saturated carbocycles. The van der Waals surface area contributed by atoms with Crippen LogP contribution in [0.1, 0.15) is 0 Å². The lowest BCUT2D eigenvalue weighted by Gasteiger charge is -2.12. The molecule has 0 bridgehead atoms. The third-order valence-corrected chi connectivity index (χ3v) is 10.9. The quantitative estimate of drug-likeness (QED) is 0.187. The van der Waals surface area contributed by atoms with Gasteiger partial charge in [0.1, 0.15) is 11.2 Å². The summed E-state index contributed by atoms with van der Waals surface area (Å²) < 4.78 is 11.2. The molecule has 12 aromatic rings. The number of hydrogen-bond acceptors (Lipinski definition) is 3. The maximum atomic E-state index is 6.62. The van der Waals surface area contributed by atoms with Crippen molar-refractivity contribution in [1.82, 2.24) is 19.1 Å². The van der Waals surface area contributed by atoms with E-state index in [0.29, 0.717) is 5.95 Å². The van der Waals surface area contributed by atoms with E-state index < -0.39 is 0 Å². The monoisotopic (exact) mass is 676 g/mol. The van der Waals surface area contributed by atoms with Gasteiger partial charge in [-0.05, 0) is 66.0 Å². The molecule has 53 heavy (non-hydrogen) atoms. The normalized spacial score (nSPS) is 12.2. The van der Waals surface area contributed by atoms with Crippen molar-refractivity contribution >= 4 is 87.2 Å². The molecule has 8 aromatic carbocycles. The van der Waals surface area contributed by atoms with Gasteiger partial charge in [0.05, 0.1) is 33.3 Å². The Kier molecular flexibility index (Phi) is 5.71. The zero-order chi connectivity index (χ0) is 34.6. The topological polar surface area (TPSA) is 48.8 Å². The summed E-state index contributed by atoms with van der Waals surface area (Å²) in [4.78, 5) is 10.7. The molecule has 12 rings (SSSR count). The summed E-state index contributed by atoms with van der Waals surface area (Å²) in [6.07, 6.45) is 0. The summed E-state index contributed by atoms with van der Waals surface area (Å²) in [5.41, 5.74) is 10.1. The molecule has 0 saturated heterocycles. The highest BCUT2D eigenvalue weighted by Crippen LogP contribution is 2.43. The minimum absolute atomic E-state index is 0.631. The van der Waals surface area contributed by atoms with E-state index in [1.807, 2.05) is 6.07 Å². The molecule has 5 heteroatoms. The third kappa shape index (κ3) is 3.96. The van der Waals surface area contributed by atoms with Crippen LogP contribution in [0.15, 0.2) is 174 Å². The van der Waals surface area contributed by atoms with Crippen molar-refractivity contribution in [3.8, 4) is 22.9 Å². The molecule has 4 heterocycles. The second-order valence-corrected chi connectivity index (χ2v) is 13.8. The van der Waals surface area contributed by atoms with Crippen molar-refractivity contribution in [2.24, 2.45) is 0 Å². The minimum atomic E-state index is 0.631. The first-order chi connectivity index (χ1) is 26.3. The lowest BCUT2D eigenvalue weighted by molar-refractivity contribution is 0.673. The first kappa shape index (κ1) is 28.5. The van der Waals surface area contributed by atoms with Crippen molar-refractivity contribution in [1.29, 1.82) is 0 Å². The number of benzene rings is 8. The lowest BCUT2D eigenvalue weighted by Crippen LogP contribution is -2.03. The van der Waals surface area contributed by atoms with E-state index in [9.17, 15) is 0 Å². The second kappa shape index (κ2) is 10.6. The van der Waals surface area contributed by atoms with Gasteiger partial charge in [0.25, 0.3) is 0 Å². The predicted molar refractivity (Wildman–Crippen MR) is 218 cm³/mol. The molecule has 0 unspecified atom stereocenters. The summed E-state index contributed by atoms with van der Waals surface area (Å²) in [7, 11) is 0. The van der Waals surface area contributed by atoms with E-state index in [0.717, 1.165) is 66.2 Å². The summed E-state index contributed by atoms with van der Waals surface area (Å²) in [5, 5.41) is 10.3. The van der Waals surface area contributed by atoms with Gasteiger partial charge in [-0.15, -0.1) is 0 Å². The summed E-state index contributed by atoms with van der Waals surface area (Å²) in [6.45, 7) is 0. The van der Waals surface area contributed by atoms with Gasteiger partial charge in [0, 0.05) is 54.3 Å².